The Bertz CT molecular complexity index is 87.6. The Morgan fingerprint density at radius 3 is 1.73 bits per heavy atom. The van der Waals surface area contributed by atoms with Gasteiger partial charge in [-0.25, -0.2) is 0 Å². The fourth-order valence-corrected chi connectivity index (χ4v) is 1.54. The third-order valence-corrected chi connectivity index (χ3v) is 2.29. The monoisotopic (exact) mass is 158 g/mol. The van der Waals surface area contributed by atoms with E-state index in [1.54, 1.807) is 0 Å². The maximum atomic E-state index is 5.68. The minimum Gasteiger partial charge on any atom is -0.329 e. The van der Waals surface area contributed by atoms with E-state index in [1.165, 1.54) is 0 Å². The second-order valence-electron chi connectivity index (χ2n) is 3.27. The second-order valence-corrected chi connectivity index (χ2v) is 3.27. The van der Waals surface area contributed by atoms with Crippen molar-refractivity contribution in [3.05, 3.63) is 0 Å². The maximum absolute atomic E-state index is 5.68. The molecule has 0 aliphatic carbocycles. The van der Waals surface area contributed by atoms with Crippen molar-refractivity contribution in [2.24, 2.45) is 11.7 Å². The van der Waals surface area contributed by atoms with Gasteiger partial charge in [0.25, 0.3) is 0 Å². The predicted molar refractivity (Wildman–Crippen MR) is 50.6 cm³/mol. The minimum absolute atomic E-state index is 0.560. The SMILES string of the molecule is CCN(CC)[C@@H](CN)C(C)C. The lowest BCUT2D eigenvalue weighted by molar-refractivity contribution is 0.176. The molecule has 0 radical (unpaired) electrons. The molecule has 0 rings (SSSR count). The van der Waals surface area contributed by atoms with E-state index in [0.29, 0.717) is 12.0 Å². The van der Waals surface area contributed by atoms with Gasteiger partial charge in [0.1, 0.15) is 0 Å². The van der Waals surface area contributed by atoms with Crippen LogP contribution in [0, 0.1) is 5.92 Å². The van der Waals surface area contributed by atoms with Crippen LogP contribution in [0.25, 0.3) is 0 Å². The van der Waals surface area contributed by atoms with Crippen LogP contribution in [0.5, 0.6) is 0 Å². The van der Waals surface area contributed by atoms with E-state index >= 15 is 0 Å². The largest absolute Gasteiger partial charge is 0.329 e. The number of nitrogens with zero attached hydrogens (tertiary/aromatic N) is 1. The van der Waals surface area contributed by atoms with Gasteiger partial charge in [0.2, 0.25) is 0 Å². The van der Waals surface area contributed by atoms with Crippen LogP contribution in [-0.2, 0) is 0 Å². The quantitative estimate of drug-likeness (QED) is 0.653. The molecule has 2 nitrogen and oxygen atoms in total. The van der Waals surface area contributed by atoms with E-state index in [9.17, 15) is 0 Å². The Balaban J connectivity index is 3.98. The summed E-state index contributed by atoms with van der Waals surface area (Å²) in [5, 5.41) is 0. The molecule has 1 atom stereocenters. The van der Waals surface area contributed by atoms with Crippen molar-refractivity contribution in [1.82, 2.24) is 4.90 Å². The van der Waals surface area contributed by atoms with Gasteiger partial charge in [0.15, 0.2) is 0 Å². The first-order chi connectivity index (χ1) is 5.17. The molecule has 0 aromatic heterocycles. The molecule has 0 aromatic rings. The average Bonchev–Trinajstić information content (AvgIpc) is 1.99. The molecular weight excluding hydrogens is 136 g/mol. The van der Waals surface area contributed by atoms with E-state index in [2.05, 4.69) is 32.6 Å². The van der Waals surface area contributed by atoms with E-state index in [4.69, 9.17) is 5.73 Å². The molecule has 2 N–H and O–H groups in total. The molecule has 0 unspecified atom stereocenters. The van der Waals surface area contributed by atoms with Crippen LogP contribution in [0.3, 0.4) is 0 Å². The highest BCUT2D eigenvalue weighted by Crippen LogP contribution is 2.08. The molecule has 0 fully saturated rings. The van der Waals surface area contributed by atoms with Gasteiger partial charge < -0.3 is 5.73 Å². The minimum atomic E-state index is 0.560. The lowest BCUT2D eigenvalue weighted by Gasteiger charge is -2.31. The zero-order valence-corrected chi connectivity index (χ0v) is 8.30. The summed E-state index contributed by atoms with van der Waals surface area (Å²) in [6.45, 7) is 11.8. The highest BCUT2D eigenvalue weighted by Gasteiger charge is 2.16. The van der Waals surface area contributed by atoms with Crippen molar-refractivity contribution in [2.45, 2.75) is 33.7 Å². The molecule has 0 aromatic carbocycles. The molecule has 0 aliphatic rings. The number of hydrogen-bond acceptors (Lipinski definition) is 2. The Morgan fingerprint density at radius 1 is 1.18 bits per heavy atom. The molecule has 0 saturated heterocycles. The van der Waals surface area contributed by atoms with Gasteiger partial charge in [-0.1, -0.05) is 27.7 Å². The van der Waals surface area contributed by atoms with Gasteiger partial charge in [-0.15, -0.1) is 0 Å². The fraction of sp³-hybridized carbons (Fsp3) is 1.00. The Hall–Kier alpha value is -0.0800. The molecule has 0 saturated carbocycles. The molecule has 0 spiro atoms. The number of nitrogens with two attached hydrogens (primary N) is 1. The van der Waals surface area contributed by atoms with Crippen molar-refractivity contribution >= 4 is 0 Å². The fourth-order valence-electron chi connectivity index (χ4n) is 1.54. The highest BCUT2D eigenvalue weighted by atomic mass is 15.2. The topological polar surface area (TPSA) is 29.3 Å². The number of rotatable bonds is 5. The smallest absolute Gasteiger partial charge is 0.0241 e. The van der Waals surface area contributed by atoms with Crippen molar-refractivity contribution in [2.75, 3.05) is 19.6 Å². The van der Waals surface area contributed by atoms with Gasteiger partial charge >= 0.3 is 0 Å². The van der Waals surface area contributed by atoms with Gasteiger partial charge in [-0.05, 0) is 19.0 Å². The van der Waals surface area contributed by atoms with Gasteiger partial charge in [0.05, 0.1) is 0 Å². The summed E-state index contributed by atoms with van der Waals surface area (Å²) in [6.07, 6.45) is 0. The summed E-state index contributed by atoms with van der Waals surface area (Å²) in [4.78, 5) is 2.42. The van der Waals surface area contributed by atoms with Crippen LogP contribution >= 0.6 is 0 Å². The number of likely N-dealkylation sites (N-methyl/N-ethyl adjacent to an activating group) is 1. The van der Waals surface area contributed by atoms with Gasteiger partial charge in [-0.2, -0.15) is 0 Å². The molecule has 0 bridgehead atoms. The van der Waals surface area contributed by atoms with Crippen molar-refractivity contribution < 1.29 is 0 Å². The van der Waals surface area contributed by atoms with E-state index in [1.807, 2.05) is 0 Å². The van der Waals surface area contributed by atoms with Crippen molar-refractivity contribution in [1.29, 1.82) is 0 Å². The summed E-state index contributed by atoms with van der Waals surface area (Å²) in [7, 11) is 0. The van der Waals surface area contributed by atoms with Crippen LogP contribution in [0.15, 0.2) is 0 Å². The van der Waals surface area contributed by atoms with Crippen LogP contribution in [-0.4, -0.2) is 30.6 Å². The lowest BCUT2D eigenvalue weighted by Crippen LogP contribution is -2.43. The van der Waals surface area contributed by atoms with E-state index < -0.39 is 0 Å². The molecular formula is C9H22N2. The Labute approximate surface area is 70.8 Å². The van der Waals surface area contributed by atoms with Gasteiger partial charge in [0, 0.05) is 12.6 Å². The standard InChI is InChI=1S/C9H22N2/c1-5-11(6-2)9(7-10)8(3)4/h8-9H,5-7,10H2,1-4H3/t9-/m0/s1. The third-order valence-electron chi connectivity index (χ3n) is 2.29. The van der Waals surface area contributed by atoms with Crippen molar-refractivity contribution in [3.63, 3.8) is 0 Å². The molecule has 0 amide bonds. The predicted octanol–water partition coefficient (Wildman–Crippen LogP) is 1.31. The molecule has 0 aliphatic heterocycles. The zero-order valence-electron chi connectivity index (χ0n) is 8.30. The molecule has 68 valence electrons. The summed E-state index contributed by atoms with van der Waals surface area (Å²) >= 11 is 0. The zero-order chi connectivity index (χ0) is 8.85. The Morgan fingerprint density at radius 2 is 1.64 bits per heavy atom. The van der Waals surface area contributed by atoms with E-state index in [0.717, 1.165) is 19.6 Å². The molecule has 0 heterocycles. The summed E-state index contributed by atoms with van der Waals surface area (Å²) < 4.78 is 0. The second kappa shape index (κ2) is 5.56. The van der Waals surface area contributed by atoms with Crippen LogP contribution < -0.4 is 5.73 Å². The lowest BCUT2D eigenvalue weighted by atomic mass is 10.0. The summed E-state index contributed by atoms with van der Waals surface area (Å²) in [5.41, 5.74) is 5.68. The van der Waals surface area contributed by atoms with Crippen LogP contribution in [0.1, 0.15) is 27.7 Å². The number of hydrogen-bond donors (Lipinski definition) is 1. The first-order valence-electron chi connectivity index (χ1n) is 4.61. The van der Waals surface area contributed by atoms with E-state index in [-0.39, 0.29) is 0 Å². The van der Waals surface area contributed by atoms with Crippen LogP contribution in [0.4, 0.5) is 0 Å². The first-order valence-corrected chi connectivity index (χ1v) is 4.61. The van der Waals surface area contributed by atoms with Gasteiger partial charge in [-0.3, -0.25) is 4.90 Å². The average molecular weight is 158 g/mol. The summed E-state index contributed by atoms with van der Waals surface area (Å²) in [5.74, 6) is 0.667. The first kappa shape index (κ1) is 10.9. The van der Waals surface area contributed by atoms with Crippen LogP contribution in [0.2, 0.25) is 0 Å². The highest BCUT2D eigenvalue weighted by molar-refractivity contribution is 4.73. The molecule has 2 heteroatoms. The Kier molecular flexibility index (Phi) is 5.51. The summed E-state index contributed by atoms with van der Waals surface area (Å²) in [6, 6.07) is 0.560. The molecule has 11 heavy (non-hydrogen) atoms. The maximum Gasteiger partial charge on any atom is 0.0241 e. The normalized spacial score (nSPS) is 14.5. The van der Waals surface area contributed by atoms with Crippen molar-refractivity contribution in [3.8, 4) is 0 Å². The third kappa shape index (κ3) is 3.21.